The van der Waals surface area contributed by atoms with Crippen molar-refractivity contribution in [1.29, 1.82) is 0 Å². The minimum Gasteiger partial charge on any atom is -0.340 e. The molecule has 5 aromatic rings. The van der Waals surface area contributed by atoms with Gasteiger partial charge in [-0.1, -0.05) is 0 Å². The van der Waals surface area contributed by atoms with Crippen LogP contribution in [-0.2, 0) is 0 Å². The highest BCUT2D eigenvalue weighted by Crippen LogP contribution is 2.16. The largest absolute Gasteiger partial charge is 0.340 e. The summed E-state index contributed by atoms with van der Waals surface area (Å²) in [5.41, 5.74) is 1.38. The highest BCUT2D eigenvalue weighted by molar-refractivity contribution is 6.06. The van der Waals surface area contributed by atoms with E-state index in [1.165, 1.54) is 43.8 Å². The lowest BCUT2D eigenvalue weighted by Crippen LogP contribution is -2.23. The SMILES string of the molecule is O=C(Nc1ncnc2nc[nH]c12)c1cn(-c2ncnc3nc[nH]c23)ccc1=O. The number of anilines is 1. The van der Waals surface area contributed by atoms with Crippen LogP contribution in [0, 0.1) is 0 Å². The van der Waals surface area contributed by atoms with Crippen LogP contribution in [0.3, 0.4) is 0 Å². The van der Waals surface area contributed by atoms with Crippen molar-refractivity contribution in [2.45, 2.75) is 0 Å². The number of rotatable bonds is 3. The van der Waals surface area contributed by atoms with Gasteiger partial charge in [0.2, 0.25) is 0 Å². The minimum atomic E-state index is -0.621. The predicted molar refractivity (Wildman–Crippen MR) is 96.9 cm³/mol. The second-order valence-corrected chi connectivity index (χ2v) is 5.71. The number of fused-ring (bicyclic) bond motifs is 2. The summed E-state index contributed by atoms with van der Waals surface area (Å²) >= 11 is 0. The van der Waals surface area contributed by atoms with Gasteiger partial charge in [0, 0.05) is 18.5 Å². The van der Waals surface area contributed by atoms with E-state index in [9.17, 15) is 9.59 Å². The van der Waals surface area contributed by atoms with E-state index in [0.29, 0.717) is 28.1 Å². The number of imidazole rings is 2. The van der Waals surface area contributed by atoms with E-state index in [-0.39, 0.29) is 11.4 Å². The number of pyridine rings is 1. The first-order valence-corrected chi connectivity index (χ1v) is 8.03. The van der Waals surface area contributed by atoms with Crippen molar-refractivity contribution >= 4 is 34.1 Å². The topological polar surface area (TPSA) is 160 Å². The number of aromatic nitrogens is 9. The molecule has 5 rings (SSSR count). The molecule has 12 nitrogen and oxygen atoms in total. The smallest absolute Gasteiger partial charge is 0.262 e. The van der Waals surface area contributed by atoms with E-state index in [0.717, 1.165) is 0 Å². The second-order valence-electron chi connectivity index (χ2n) is 5.71. The summed E-state index contributed by atoms with van der Waals surface area (Å²) in [6, 6.07) is 1.28. The van der Waals surface area contributed by atoms with Crippen molar-refractivity contribution in [1.82, 2.24) is 44.4 Å². The number of aromatic amines is 2. The quantitative estimate of drug-likeness (QED) is 0.409. The molecule has 0 atom stereocenters. The number of hydrogen-bond acceptors (Lipinski definition) is 8. The summed E-state index contributed by atoms with van der Waals surface area (Å²) in [7, 11) is 0. The summed E-state index contributed by atoms with van der Waals surface area (Å²) in [5, 5.41) is 2.61. The van der Waals surface area contributed by atoms with Crippen LogP contribution in [0.15, 0.2) is 48.6 Å². The van der Waals surface area contributed by atoms with E-state index in [1.807, 2.05) is 0 Å². The summed E-state index contributed by atoms with van der Waals surface area (Å²) in [4.78, 5) is 55.2. The van der Waals surface area contributed by atoms with Crippen molar-refractivity contribution in [2.24, 2.45) is 0 Å². The van der Waals surface area contributed by atoms with Crippen molar-refractivity contribution in [3.05, 3.63) is 59.6 Å². The van der Waals surface area contributed by atoms with Crippen LogP contribution in [0.2, 0.25) is 0 Å². The van der Waals surface area contributed by atoms with Gasteiger partial charge >= 0.3 is 0 Å². The van der Waals surface area contributed by atoms with E-state index < -0.39 is 11.3 Å². The molecule has 0 aliphatic carbocycles. The van der Waals surface area contributed by atoms with Crippen LogP contribution < -0.4 is 10.7 Å². The predicted octanol–water partition coefficient (Wildman–Crippen LogP) is 0.422. The van der Waals surface area contributed by atoms with Gasteiger partial charge in [-0.05, 0) is 0 Å². The van der Waals surface area contributed by atoms with Crippen molar-refractivity contribution in [2.75, 3.05) is 5.32 Å². The Balaban J connectivity index is 1.56. The van der Waals surface area contributed by atoms with Gasteiger partial charge in [0.1, 0.15) is 29.3 Å². The van der Waals surface area contributed by atoms with Crippen LogP contribution in [0.5, 0.6) is 0 Å². The Morgan fingerprint density at radius 1 is 0.929 bits per heavy atom. The monoisotopic (exact) mass is 374 g/mol. The lowest BCUT2D eigenvalue weighted by molar-refractivity contribution is 0.102. The molecule has 12 heteroatoms. The first-order valence-electron chi connectivity index (χ1n) is 8.03. The highest BCUT2D eigenvalue weighted by atomic mass is 16.2. The zero-order valence-corrected chi connectivity index (χ0v) is 14.0. The molecule has 0 spiro atoms. The molecule has 1 amide bonds. The van der Waals surface area contributed by atoms with Crippen LogP contribution in [-0.4, -0.2) is 50.3 Å². The van der Waals surface area contributed by atoms with Gasteiger partial charge in [0.15, 0.2) is 28.4 Å². The Bertz CT molecular complexity index is 1400. The number of H-pyrrole nitrogens is 2. The van der Waals surface area contributed by atoms with Gasteiger partial charge in [-0.2, -0.15) is 0 Å². The molecule has 0 aliphatic heterocycles. The maximum atomic E-state index is 12.7. The highest BCUT2D eigenvalue weighted by Gasteiger charge is 2.16. The fourth-order valence-corrected chi connectivity index (χ4v) is 2.77. The minimum absolute atomic E-state index is 0.0833. The van der Waals surface area contributed by atoms with Crippen LogP contribution in [0.25, 0.3) is 28.1 Å². The molecule has 28 heavy (non-hydrogen) atoms. The molecular formula is C16H10N10O2. The Kier molecular flexibility index (Phi) is 3.40. The average molecular weight is 374 g/mol. The maximum absolute atomic E-state index is 12.7. The van der Waals surface area contributed by atoms with E-state index in [2.05, 4.69) is 45.2 Å². The molecule has 0 radical (unpaired) electrons. The van der Waals surface area contributed by atoms with Crippen LogP contribution in [0.1, 0.15) is 10.4 Å². The molecule has 0 fully saturated rings. The zero-order valence-electron chi connectivity index (χ0n) is 14.0. The summed E-state index contributed by atoms with van der Waals surface area (Å²) < 4.78 is 1.55. The third-order valence-corrected chi connectivity index (χ3v) is 4.07. The molecule has 0 saturated heterocycles. The molecular weight excluding hydrogens is 364 g/mol. The van der Waals surface area contributed by atoms with Gasteiger partial charge in [0.25, 0.3) is 5.91 Å². The number of nitrogens with one attached hydrogen (secondary N) is 3. The fourth-order valence-electron chi connectivity index (χ4n) is 2.77. The number of nitrogens with zero attached hydrogens (tertiary/aromatic N) is 7. The van der Waals surface area contributed by atoms with E-state index in [4.69, 9.17) is 0 Å². The summed E-state index contributed by atoms with van der Waals surface area (Å²) in [6.45, 7) is 0. The van der Waals surface area contributed by atoms with E-state index >= 15 is 0 Å². The Morgan fingerprint density at radius 2 is 1.64 bits per heavy atom. The number of hydrogen-bond donors (Lipinski definition) is 3. The zero-order chi connectivity index (χ0) is 19.1. The maximum Gasteiger partial charge on any atom is 0.262 e. The first-order chi connectivity index (χ1) is 13.7. The van der Waals surface area contributed by atoms with Gasteiger partial charge < -0.3 is 19.9 Å². The lowest BCUT2D eigenvalue weighted by atomic mass is 10.2. The molecule has 0 aliphatic rings. The molecule has 3 N–H and O–H groups in total. The normalized spacial score (nSPS) is 11.1. The molecule has 0 saturated carbocycles. The van der Waals surface area contributed by atoms with Crippen molar-refractivity contribution in [3.8, 4) is 5.82 Å². The Labute approximate surface area is 154 Å². The average Bonchev–Trinajstić information content (AvgIpc) is 3.38. The van der Waals surface area contributed by atoms with Crippen LogP contribution in [0.4, 0.5) is 5.82 Å². The van der Waals surface area contributed by atoms with Crippen molar-refractivity contribution < 1.29 is 4.79 Å². The molecule has 0 unspecified atom stereocenters. The van der Waals surface area contributed by atoms with Gasteiger partial charge in [-0.25, -0.2) is 29.9 Å². The molecule has 5 heterocycles. The summed E-state index contributed by atoms with van der Waals surface area (Å²) in [5.74, 6) is 0.0544. The molecule has 0 aromatic carbocycles. The molecule has 5 aromatic heterocycles. The number of carbonyl (C=O) groups excluding carboxylic acids is 1. The summed E-state index contributed by atoms with van der Waals surface area (Å²) in [6.07, 6.45) is 8.47. The first kappa shape index (κ1) is 15.7. The fraction of sp³-hybridized carbons (Fsp3) is 0. The Hall–Kier alpha value is -4.48. The second kappa shape index (κ2) is 6.05. The van der Waals surface area contributed by atoms with Gasteiger partial charge in [0.05, 0.1) is 12.7 Å². The van der Waals surface area contributed by atoms with E-state index in [1.54, 1.807) is 4.57 Å². The molecule has 136 valence electrons. The third kappa shape index (κ3) is 2.47. The standard InChI is InChI=1S/C16H10N10O2/c27-9-1-2-26(15-11-13(20-5-18-11)22-7-24-15)3-8(9)16(28)25-14-10-12(19-4-17-10)21-6-23-14/h1-7H,(H,18,20,22,24)(H2,17,19,21,23,25,28). The lowest BCUT2D eigenvalue weighted by Gasteiger charge is -2.09. The van der Waals surface area contributed by atoms with Gasteiger partial charge in [-0.15, -0.1) is 0 Å². The van der Waals surface area contributed by atoms with Crippen molar-refractivity contribution in [3.63, 3.8) is 0 Å². The Morgan fingerprint density at radius 3 is 2.46 bits per heavy atom. The third-order valence-electron chi connectivity index (χ3n) is 4.07. The number of amides is 1. The molecule has 0 bridgehead atoms. The number of carbonyl (C=O) groups is 1. The van der Waals surface area contributed by atoms with Gasteiger partial charge in [-0.3, -0.25) is 9.59 Å². The van der Waals surface area contributed by atoms with Crippen LogP contribution >= 0.6 is 0 Å².